The largest absolute Gasteiger partial charge is 1.00 e. The van der Waals surface area contributed by atoms with Crippen molar-refractivity contribution in [2.24, 2.45) is 5.92 Å². The fourth-order valence-corrected chi connectivity index (χ4v) is 4.16. The van der Waals surface area contributed by atoms with Gasteiger partial charge in [-0.25, -0.2) is 10.2 Å². The topological polar surface area (TPSA) is 47.1 Å². The number of carbonyl (C=O) groups excluding carboxylic acids is 1. The zero-order chi connectivity index (χ0) is 23.3. The average Bonchev–Trinajstić information content (AvgIpc) is 3.09. The summed E-state index contributed by atoms with van der Waals surface area (Å²) in [6.07, 6.45) is 10.1. The first-order valence-electron chi connectivity index (χ1n) is 11.4. The van der Waals surface area contributed by atoms with Gasteiger partial charge >= 0.3 is 6.09 Å². The lowest BCUT2D eigenvalue weighted by Gasteiger charge is -2.20. The van der Waals surface area contributed by atoms with Gasteiger partial charge < -0.3 is 21.7 Å². The molecule has 0 aliphatic carbocycles. The van der Waals surface area contributed by atoms with Gasteiger partial charge in [-0.2, -0.15) is 4.57 Å². The van der Waals surface area contributed by atoms with E-state index in [1.54, 1.807) is 4.68 Å². The Morgan fingerprint density at radius 3 is 2.48 bits per heavy atom. The number of rotatable bonds is 8. The monoisotopic (exact) mass is 535 g/mol. The second kappa shape index (κ2) is 11.9. The molecule has 1 amide bonds. The molecule has 0 saturated carbocycles. The van der Waals surface area contributed by atoms with E-state index >= 15 is 0 Å². The fraction of sp³-hybridized carbons (Fsp3) is 0.462. The van der Waals surface area contributed by atoms with Gasteiger partial charge in [0.15, 0.2) is 18.4 Å². The maximum absolute atomic E-state index is 12.2. The molecular weight excluding hydrogens is 502 g/mol. The number of unbranched alkanes of at least 4 members (excludes halogenated alkanes) is 1. The number of hydrogen-bond acceptors (Lipinski definition) is 2. The molecule has 0 bridgehead atoms. The van der Waals surface area contributed by atoms with Crippen LogP contribution in [0.5, 0.6) is 0 Å². The Morgan fingerprint density at radius 1 is 1.12 bits per heavy atom. The third-order valence-electron chi connectivity index (χ3n) is 5.39. The van der Waals surface area contributed by atoms with Gasteiger partial charge in [0.05, 0.1) is 15.9 Å². The van der Waals surface area contributed by atoms with Crippen molar-refractivity contribution in [1.82, 2.24) is 4.68 Å². The highest BCUT2D eigenvalue weighted by atomic mass is 79.9. The number of pyridine rings is 1. The molecule has 7 heteroatoms. The van der Waals surface area contributed by atoms with Crippen molar-refractivity contribution in [2.45, 2.75) is 71.9 Å². The van der Waals surface area contributed by atoms with Gasteiger partial charge in [-0.15, -0.1) is 0 Å². The first-order chi connectivity index (χ1) is 15.1. The molecule has 1 N–H and O–H groups in total. The summed E-state index contributed by atoms with van der Waals surface area (Å²) in [4.78, 5) is 12.2. The fourth-order valence-electron chi connectivity index (χ4n) is 3.90. The summed E-state index contributed by atoms with van der Waals surface area (Å²) in [6, 6.07) is 12.2. The summed E-state index contributed by atoms with van der Waals surface area (Å²) in [6.45, 7) is 10.1. The predicted octanol–water partition coefficient (Wildman–Crippen LogP) is 3.87. The summed E-state index contributed by atoms with van der Waals surface area (Å²) in [5.74, 6) is 0.718. The molecule has 0 aliphatic rings. The number of fused-ring (bicyclic) bond motifs is 1. The van der Waals surface area contributed by atoms with Crippen LogP contribution in [-0.4, -0.2) is 16.4 Å². The van der Waals surface area contributed by atoms with Gasteiger partial charge in [-0.05, 0) is 45.2 Å². The van der Waals surface area contributed by atoms with Gasteiger partial charge in [0.25, 0.3) is 0 Å². The normalized spacial score (nSPS) is 12.5. The average molecular weight is 537 g/mol. The molecule has 3 aromatic rings. The van der Waals surface area contributed by atoms with E-state index in [2.05, 4.69) is 42.3 Å². The molecule has 0 radical (unpaired) electrons. The van der Waals surface area contributed by atoms with E-state index in [-0.39, 0.29) is 23.0 Å². The summed E-state index contributed by atoms with van der Waals surface area (Å²) in [7, 11) is 0. The maximum atomic E-state index is 12.2. The lowest BCUT2D eigenvalue weighted by atomic mass is 9.98. The number of ether oxygens (including phenoxy) is 1. The molecule has 1 aromatic carbocycles. The van der Waals surface area contributed by atoms with Crippen molar-refractivity contribution >= 4 is 28.6 Å². The maximum Gasteiger partial charge on any atom is 0.426 e. The molecule has 0 aliphatic heterocycles. The summed E-state index contributed by atoms with van der Waals surface area (Å²) in [5.41, 5.74) is 4.28. The summed E-state index contributed by atoms with van der Waals surface area (Å²) < 4.78 is 9.30. The number of nitrogens with zero attached hydrogens (tertiary/aromatic N) is 2. The second-order valence-corrected chi connectivity index (χ2v) is 10.2. The first kappa shape index (κ1) is 27.2. The highest BCUT2D eigenvalue weighted by Gasteiger charge is 2.24. The van der Waals surface area contributed by atoms with Gasteiger partial charge in [0.1, 0.15) is 5.60 Å². The Balaban J connectivity index is 0.00000385. The number of nitrogens with one attached hydrogen (secondary N) is 1. The third kappa shape index (κ3) is 7.75. The molecule has 5 nitrogen and oxygen atoms in total. The van der Waals surface area contributed by atoms with Gasteiger partial charge in [-0.1, -0.05) is 56.5 Å². The Morgan fingerprint density at radius 2 is 1.82 bits per heavy atom. The molecule has 2 aromatic heterocycles. The number of aromatic nitrogens is 2. The standard InChI is InChI=1S/C26H34ClN3O2.BrH/c1-19(2)10-6-9-13-24(21-11-7-8-12-22(21)27)29-16-15-23-20(18-29)14-17-30(23)28-25(31)32-26(3,4)5;/h7-8,11-12,14-19,24H,6,9-10,13H2,1-5H3;1H. The molecule has 0 spiro atoms. The van der Waals surface area contributed by atoms with E-state index in [1.165, 1.54) is 12.8 Å². The Labute approximate surface area is 212 Å². The van der Waals surface area contributed by atoms with E-state index in [4.69, 9.17) is 16.3 Å². The zero-order valence-corrected chi connectivity index (χ0v) is 22.5. The summed E-state index contributed by atoms with van der Waals surface area (Å²) >= 11 is 6.59. The Bertz CT molecular complexity index is 1060. The van der Waals surface area contributed by atoms with Crippen LogP contribution in [-0.2, 0) is 4.74 Å². The van der Waals surface area contributed by atoms with Crippen LogP contribution in [0.1, 0.15) is 71.9 Å². The molecule has 3 rings (SSSR count). The van der Waals surface area contributed by atoms with Crippen LogP contribution in [0.3, 0.4) is 0 Å². The van der Waals surface area contributed by atoms with E-state index in [0.29, 0.717) is 0 Å². The van der Waals surface area contributed by atoms with Crippen molar-refractivity contribution < 1.29 is 31.1 Å². The van der Waals surface area contributed by atoms with Crippen LogP contribution >= 0.6 is 11.6 Å². The van der Waals surface area contributed by atoms with Crippen LogP contribution in [0, 0.1) is 5.92 Å². The molecule has 1 unspecified atom stereocenters. The SMILES string of the molecule is CC(C)CCCCC(c1ccccc1Cl)[n+]1ccc2c(ccn2NC(=O)OC(C)(C)C)c1.[Br-]. The van der Waals surface area contributed by atoms with Crippen LogP contribution in [0.25, 0.3) is 10.9 Å². The minimum Gasteiger partial charge on any atom is -1.00 e. The highest BCUT2D eigenvalue weighted by Crippen LogP contribution is 2.27. The van der Waals surface area contributed by atoms with E-state index < -0.39 is 11.7 Å². The minimum absolute atomic E-state index is 0. The van der Waals surface area contributed by atoms with Crippen molar-refractivity contribution in [2.75, 3.05) is 5.43 Å². The smallest absolute Gasteiger partial charge is 0.426 e. The number of hydrogen-bond donors (Lipinski definition) is 1. The predicted molar refractivity (Wildman–Crippen MR) is 131 cm³/mol. The van der Waals surface area contributed by atoms with Crippen molar-refractivity contribution in [1.29, 1.82) is 0 Å². The molecule has 33 heavy (non-hydrogen) atoms. The number of amides is 1. The summed E-state index contributed by atoms with van der Waals surface area (Å²) in [5, 5.41) is 1.82. The second-order valence-electron chi connectivity index (χ2n) is 9.75. The van der Waals surface area contributed by atoms with E-state index in [1.807, 2.05) is 57.3 Å². The lowest BCUT2D eigenvalue weighted by molar-refractivity contribution is -0.713. The van der Waals surface area contributed by atoms with Crippen LogP contribution < -0.4 is 27.0 Å². The van der Waals surface area contributed by atoms with E-state index in [9.17, 15) is 4.79 Å². The molecule has 180 valence electrons. The molecule has 0 fully saturated rings. The zero-order valence-electron chi connectivity index (χ0n) is 20.1. The van der Waals surface area contributed by atoms with Crippen LogP contribution in [0.15, 0.2) is 55.0 Å². The molecular formula is C26H35BrClN3O2. The van der Waals surface area contributed by atoms with Crippen molar-refractivity contribution in [3.63, 3.8) is 0 Å². The Hall–Kier alpha value is -2.05. The minimum atomic E-state index is -0.548. The lowest BCUT2D eigenvalue weighted by Crippen LogP contribution is -3.00. The number of carbonyl (C=O) groups is 1. The highest BCUT2D eigenvalue weighted by molar-refractivity contribution is 6.31. The quantitative estimate of drug-likeness (QED) is 0.351. The number of benzene rings is 1. The molecule has 0 saturated heterocycles. The van der Waals surface area contributed by atoms with Crippen molar-refractivity contribution in [3.05, 3.63) is 65.6 Å². The third-order valence-corrected chi connectivity index (χ3v) is 5.74. The van der Waals surface area contributed by atoms with Crippen LogP contribution in [0.2, 0.25) is 5.02 Å². The van der Waals surface area contributed by atoms with Gasteiger partial charge in [-0.3, -0.25) is 4.68 Å². The van der Waals surface area contributed by atoms with Crippen LogP contribution in [0.4, 0.5) is 4.79 Å². The number of halogens is 2. The Kier molecular flexibility index (Phi) is 9.80. The van der Waals surface area contributed by atoms with Crippen molar-refractivity contribution in [3.8, 4) is 0 Å². The van der Waals surface area contributed by atoms with Gasteiger partial charge in [0, 0.05) is 24.2 Å². The first-order valence-corrected chi connectivity index (χ1v) is 11.8. The molecule has 2 heterocycles. The van der Waals surface area contributed by atoms with Gasteiger partial charge in [0.2, 0.25) is 0 Å². The molecule has 1 atom stereocenters. The van der Waals surface area contributed by atoms with E-state index in [0.717, 1.165) is 40.2 Å².